The Bertz CT molecular complexity index is 580. The van der Waals surface area contributed by atoms with Gasteiger partial charge in [-0.3, -0.25) is 4.79 Å². The van der Waals surface area contributed by atoms with Gasteiger partial charge in [-0.25, -0.2) is 8.42 Å². The molecule has 1 N–H and O–H groups in total. The first-order valence-corrected chi connectivity index (χ1v) is 9.02. The molecular weight excluding hydrogens is 290 g/mol. The average Bonchev–Trinajstić information content (AvgIpc) is 2.44. The van der Waals surface area contributed by atoms with Gasteiger partial charge in [0.25, 0.3) is 0 Å². The highest BCUT2D eigenvalue weighted by atomic mass is 32.2. The van der Waals surface area contributed by atoms with E-state index in [9.17, 15) is 13.2 Å². The second-order valence-corrected chi connectivity index (χ2v) is 7.49. The second-order valence-electron chi connectivity index (χ2n) is 5.27. The Labute approximate surface area is 125 Å². The van der Waals surface area contributed by atoms with Gasteiger partial charge in [0, 0.05) is 24.6 Å². The number of nitrogens with one attached hydrogen (secondary N) is 1. The molecule has 1 fully saturated rings. The molecule has 0 radical (unpaired) electrons. The number of Topliss-reactive ketones (excluding diaryl/α,β-unsaturated/α-hetero) is 1. The number of rotatable bonds is 6. The Morgan fingerprint density at radius 3 is 2.67 bits per heavy atom. The summed E-state index contributed by atoms with van der Waals surface area (Å²) < 4.78 is 28.6. The standard InChI is InChI=1S/C15H21NO4S/c1-2-8-20-14-5-3-12(4-6-14)15(17)10-13-11-21(18,19)9-7-16-13/h3-6,13,16H,2,7-11H2,1H3. The Kier molecular flexibility index (Phi) is 5.36. The molecule has 5 nitrogen and oxygen atoms in total. The third kappa shape index (κ3) is 4.82. The van der Waals surface area contributed by atoms with Crippen molar-refractivity contribution in [3.8, 4) is 5.75 Å². The van der Waals surface area contributed by atoms with Crippen molar-refractivity contribution in [2.75, 3.05) is 24.7 Å². The van der Waals surface area contributed by atoms with E-state index in [4.69, 9.17) is 4.74 Å². The topological polar surface area (TPSA) is 72.5 Å². The summed E-state index contributed by atoms with van der Waals surface area (Å²) in [6.45, 7) is 3.10. The number of ether oxygens (including phenoxy) is 1. The van der Waals surface area contributed by atoms with Gasteiger partial charge in [0.1, 0.15) is 5.75 Å². The molecule has 1 saturated heterocycles. The van der Waals surface area contributed by atoms with E-state index in [1.165, 1.54) is 0 Å². The Morgan fingerprint density at radius 1 is 1.33 bits per heavy atom. The minimum Gasteiger partial charge on any atom is -0.494 e. The lowest BCUT2D eigenvalue weighted by atomic mass is 10.0. The van der Waals surface area contributed by atoms with Crippen molar-refractivity contribution in [3.05, 3.63) is 29.8 Å². The van der Waals surface area contributed by atoms with Crippen LogP contribution < -0.4 is 10.1 Å². The lowest BCUT2D eigenvalue weighted by Crippen LogP contribution is -2.45. The van der Waals surface area contributed by atoms with Crippen LogP contribution in [-0.2, 0) is 9.84 Å². The van der Waals surface area contributed by atoms with E-state index in [0.29, 0.717) is 18.7 Å². The van der Waals surface area contributed by atoms with Crippen LogP contribution in [-0.4, -0.2) is 44.9 Å². The summed E-state index contributed by atoms with van der Waals surface area (Å²) in [6, 6.07) is 6.71. The average molecular weight is 311 g/mol. The summed E-state index contributed by atoms with van der Waals surface area (Å²) in [5.41, 5.74) is 0.587. The Hall–Kier alpha value is -1.40. The van der Waals surface area contributed by atoms with Crippen LogP contribution in [0.15, 0.2) is 24.3 Å². The van der Waals surface area contributed by atoms with Crippen LogP contribution in [0.4, 0.5) is 0 Å². The zero-order valence-corrected chi connectivity index (χ0v) is 13.0. The van der Waals surface area contributed by atoms with E-state index in [2.05, 4.69) is 5.32 Å². The van der Waals surface area contributed by atoms with E-state index in [1.54, 1.807) is 24.3 Å². The minimum absolute atomic E-state index is 0.0381. The van der Waals surface area contributed by atoms with Gasteiger partial charge in [-0.05, 0) is 30.7 Å². The maximum absolute atomic E-state index is 12.2. The molecule has 116 valence electrons. The van der Waals surface area contributed by atoms with Crippen molar-refractivity contribution in [1.82, 2.24) is 5.32 Å². The monoisotopic (exact) mass is 311 g/mol. The molecule has 1 atom stereocenters. The number of ketones is 1. The molecule has 0 aliphatic carbocycles. The number of hydrogen-bond acceptors (Lipinski definition) is 5. The molecule has 0 spiro atoms. The van der Waals surface area contributed by atoms with E-state index in [1.807, 2.05) is 6.92 Å². The molecule has 2 rings (SSSR count). The van der Waals surface area contributed by atoms with E-state index in [-0.39, 0.29) is 29.8 Å². The molecular formula is C15H21NO4S. The van der Waals surface area contributed by atoms with Crippen molar-refractivity contribution in [2.24, 2.45) is 0 Å². The lowest BCUT2D eigenvalue weighted by Gasteiger charge is -2.23. The second kappa shape index (κ2) is 7.04. The summed E-state index contributed by atoms with van der Waals surface area (Å²) in [6.07, 6.45) is 1.14. The number of carbonyl (C=O) groups is 1. The van der Waals surface area contributed by atoms with Crippen molar-refractivity contribution in [3.63, 3.8) is 0 Å². The van der Waals surface area contributed by atoms with Crippen molar-refractivity contribution in [1.29, 1.82) is 0 Å². The van der Waals surface area contributed by atoms with Gasteiger partial charge in [0.05, 0.1) is 18.1 Å². The third-order valence-electron chi connectivity index (χ3n) is 3.38. The highest BCUT2D eigenvalue weighted by molar-refractivity contribution is 7.91. The predicted molar refractivity (Wildman–Crippen MR) is 81.6 cm³/mol. The molecule has 1 heterocycles. The largest absolute Gasteiger partial charge is 0.494 e. The molecule has 1 aromatic carbocycles. The zero-order valence-electron chi connectivity index (χ0n) is 12.2. The van der Waals surface area contributed by atoms with Crippen molar-refractivity contribution < 1.29 is 17.9 Å². The predicted octanol–water partition coefficient (Wildman–Crippen LogP) is 1.43. The maximum atomic E-state index is 12.2. The van der Waals surface area contributed by atoms with Crippen LogP contribution in [0, 0.1) is 0 Å². The summed E-state index contributed by atoms with van der Waals surface area (Å²) in [5.74, 6) is 0.885. The van der Waals surface area contributed by atoms with E-state index in [0.717, 1.165) is 12.2 Å². The van der Waals surface area contributed by atoms with Crippen LogP contribution in [0.1, 0.15) is 30.1 Å². The van der Waals surface area contributed by atoms with Crippen LogP contribution >= 0.6 is 0 Å². The number of sulfone groups is 1. The van der Waals surface area contributed by atoms with Gasteiger partial charge < -0.3 is 10.1 Å². The maximum Gasteiger partial charge on any atom is 0.164 e. The van der Waals surface area contributed by atoms with Gasteiger partial charge >= 0.3 is 0 Å². The van der Waals surface area contributed by atoms with Crippen LogP contribution in [0.3, 0.4) is 0 Å². The number of carbonyl (C=O) groups excluding carboxylic acids is 1. The summed E-state index contributed by atoms with van der Waals surface area (Å²) in [4.78, 5) is 12.2. The molecule has 21 heavy (non-hydrogen) atoms. The highest BCUT2D eigenvalue weighted by Crippen LogP contribution is 2.15. The fraction of sp³-hybridized carbons (Fsp3) is 0.533. The zero-order chi connectivity index (χ0) is 15.3. The molecule has 1 aliphatic heterocycles. The van der Waals surface area contributed by atoms with Crippen molar-refractivity contribution in [2.45, 2.75) is 25.8 Å². The summed E-state index contributed by atoms with van der Waals surface area (Å²) >= 11 is 0. The van der Waals surface area contributed by atoms with Gasteiger partial charge in [0.2, 0.25) is 0 Å². The normalized spacial score (nSPS) is 20.9. The number of hydrogen-bond donors (Lipinski definition) is 1. The van der Waals surface area contributed by atoms with Gasteiger partial charge in [-0.1, -0.05) is 6.92 Å². The van der Waals surface area contributed by atoms with Gasteiger partial charge in [-0.15, -0.1) is 0 Å². The van der Waals surface area contributed by atoms with E-state index < -0.39 is 9.84 Å². The first kappa shape index (κ1) is 16.0. The third-order valence-corrected chi connectivity index (χ3v) is 5.12. The molecule has 1 aromatic rings. The van der Waals surface area contributed by atoms with Gasteiger partial charge in [0.15, 0.2) is 15.6 Å². The molecule has 6 heteroatoms. The molecule has 1 unspecified atom stereocenters. The van der Waals surface area contributed by atoms with Crippen molar-refractivity contribution >= 4 is 15.6 Å². The molecule has 0 aromatic heterocycles. The van der Waals surface area contributed by atoms with Crippen LogP contribution in [0.5, 0.6) is 5.75 Å². The molecule has 0 saturated carbocycles. The smallest absolute Gasteiger partial charge is 0.164 e. The van der Waals surface area contributed by atoms with Crippen LogP contribution in [0.2, 0.25) is 0 Å². The SMILES string of the molecule is CCCOc1ccc(C(=O)CC2CS(=O)(=O)CCN2)cc1. The fourth-order valence-electron chi connectivity index (χ4n) is 2.30. The quantitative estimate of drug-likeness (QED) is 0.805. The fourth-order valence-corrected chi connectivity index (χ4v) is 3.74. The summed E-state index contributed by atoms with van der Waals surface area (Å²) in [7, 11) is -3.01. The van der Waals surface area contributed by atoms with Gasteiger partial charge in [-0.2, -0.15) is 0 Å². The first-order chi connectivity index (χ1) is 10.00. The molecule has 0 amide bonds. The minimum atomic E-state index is -3.01. The highest BCUT2D eigenvalue weighted by Gasteiger charge is 2.26. The first-order valence-electron chi connectivity index (χ1n) is 7.20. The Balaban J connectivity index is 1.94. The Morgan fingerprint density at radius 2 is 2.05 bits per heavy atom. The van der Waals surface area contributed by atoms with Crippen LogP contribution in [0.25, 0.3) is 0 Å². The molecule has 1 aliphatic rings. The van der Waals surface area contributed by atoms with E-state index >= 15 is 0 Å². The number of benzene rings is 1. The lowest BCUT2D eigenvalue weighted by molar-refractivity contribution is 0.0972. The summed E-state index contributed by atoms with van der Waals surface area (Å²) in [5, 5.41) is 3.09. The molecule has 0 bridgehead atoms.